The van der Waals surface area contributed by atoms with E-state index in [0.29, 0.717) is 17.3 Å². The summed E-state index contributed by atoms with van der Waals surface area (Å²) in [6, 6.07) is 11.8. The van der Waals surface area contributed by atoms with Crippen molar-refractivity contribution in [1.82, 2.24) is 5.32 Å². The van der Waals surface area contributed by atoms with E-state index in [1.165, 1.54) is 12.1 Å². The fourth-order valence-corrected chi connectivity index (χ4v) is 2.08. The number of hydrogen-bond donors (Lipinski definition) is 2. The van der Waals surface area contributed by atoms with Crippen LogP contribution < -0.4 is 10.6 Å². The number of halogens is 2. The molecule has 2 N–H and O–H groups in total. The minimum atomic E-state index is -0.532. The average molecular weight is 321 g/mol. The third-order valence-electron chi connectivity index (χ3n) is 3.04. The highest BCUT2D eigenvalue weighted by atomic mass is 35.5. The van der Waals surface area contributed by atoms with E-state index in [1.807, 2.05) is 38.1 Å². The lowest BCUT2D eigenvalue weighted by atomic mass is 10.1. The third-order valence-corrected chi connectivity index (χ3v) is 3.29. The summed E-state index contributed by atoms with van der Waals surface area (Å²) in [5, 5.41) is 6.53. The van der Waals surface area contributed by atoms with E-state index >= 15 is 0 Å². The maximum absolute atomic E-state index is 13.8. The van der Waals surface area contributed by atoms with Gasteiger partial charge in [-0.15, -0.1) is 0 Å². The van der Waals surface area contributed by atoms with Crippen LogP contribution in [0, 0.1) is 5.82 Å². The second kappa shape index (κ2) is 7.27. The Hall–Kier alpha value is -2.07. The molecule has 2 aromatic rings. The summed E-state index contributed by atoms with van der Waals surface area (Å²) in [4.78, 5) is 11.9. The number of carbonyl (C=O) groups excluding carboxylic acids is 1. The predicted octanol–water partition coefficient (Wildman–Crippen LogP) is 4.23. The number of hydrogen-bond acceptors (Lipinski definition) is 2. The molecule has 0 aliphatic rings. The molecule has 1 amide bonds. The Morgan fingerprint density at radius 3 is 2.50 bits per heavy atom. The van der Waals surface area contributed by atoms with Gasteiger partial charge >= 0.3 is 0 Å². The van der Waals surface area contributed by atoms with Gasteiger partial charge in [0.05, 0.1) is 5.56 Å². The zero-order chi connectivity index (χ0) is 16.1. The molecule has 0 aliphatic carbocycles. The molecule has 0 fully saturated rings. The smallest absolute Gasteiger partial charge is 0.254 e. The van der Waals surface area contributed by atoms with Crippen LogP contribution in [0.15, 0.2) is 42.5 Å². The van der Waals surface area contributed by atoms with E-state index in [4.69, 9.17) is 11.6 Å². The van der Waals surface area contributed by atoms with Crippen LogP contribution in [-0.2, 0) is 6.54 Å². The van der Waals surface area contributed by atoms with Crippen molar-refractivity contribution in [3.8, 4) is 0 Å². The number of carbonyl (C=O) groups is 1. The monoisotopic (exact) mass is 320 g/mol. The second-order valence-electron chi connectivity index (χ2n) is 5.30. The lowest BCUT2D eigenvalue weighted by molar-refractivity contribution is 0.0939. The molecule has 5 heteroatoms. The van der Waals surface area contributed by atoms with Crippen molar-refractivity contribution in [1.29, 1.82) is 0 Å². The summed E-state index contributed by atoms with van der Waals surface area (Å²) >= 11 is 5.84. The molecule has 2 rings (SSSR count). The molecule has 116 valence electrons. The van der Waals surface area contributed by atoms with Crippen molar-refractivity contribution in [2.75, 3.05) is 5.32 Å². The van der Waals surface area contributed by atoms with Crippen molar-refractivity contribution in [3.63, 3.8) is 0 Å². The number of anilines is 1. The van der Waals surface area contributed by atoms with Gasteiger partial charge in [-0.05, 0) is 49.7 Å². The van der Waals surface area contributed by atoms with E-state index in [-0.39, 0.29) is 11.6 Å². The minimum absolute atomic E-state index is 0.0369. The van der Waals surface area contributed by atoms with Gasteiger partial charge in [-0.3, -0.25) is 4.79 Å². The van der Waals surface area contributed by atoms with Crippen LogP contribution in [0.25, 0.3) is 0 Å². The first-order valence-corrected chi connectivity index (χ1v) is 7.42. The lowest BCUT2D eigenvalue weighted by Crippen LogP contribution is -2.30. The Balaban J connectivity index is 2.08. The van der Waals surface area contributed by atoms with Gasteiger partial charge in [-0.2, -0.15) is 0 Å². The first-order valence-electron chi connectivity index (χ1n) is 7.04. The highest BCUT2D eigenvalue weighted by molar-refractivity contribution is 6.30. The van der Waals surface area contributed by atoms with Crippen LogP contribution in [0.2, 0.25) is 5.02 Å². The zero-order valence-electron chi connectivity index (χ0n) is 12.5. The molecular formula is C17H18ClFN2O. The molecule has 22 heavy (non-hydrogen) atoms. The van der Waals surface area contributed by atoms with Crippen LogP contribution in [0.3, 0.4) is 0 Å². The number of rotatable bonds is 5. The lowest BCUT2D eigenvalue weighted by Gasteiger charge is -2.12. The largest absolute Gasteiger partial charge is 0.381 e. The van der Waals surface area contributed by atoms with E-state index in [9.17, 15) is 9.18 Å². The van der Waals surface area contributed by atoms with Gasteiger partial charge in [0.2, 0.25) is 0 Å². The predicted molar refractivity (Wildman–Crippen MR) is 87.8 cm³/mol. The number of benzene rings is 2. The summed E-state index contributed by atoms with van der Waals surface area (Å²) in [7, 11) is 0. The Labute approximate surface area is 134 Å². The number of nitrogens with one attached hydrogen (secondary N) is 2. The molecule has 2 aromatic carbocycles. The molecule has 0 aliphatic heterocycles. The highest BCUT2D eigenvalue weighted by Crippen LogP contribution is 2.17. The van der Waals surface area contributed by atoms with Gasteiger partial charge in [0.1, 0.15) is 5.82 Å². The van der Waals surface area contributed by atoms with Gasteiger partial charge in [0.25, 0.3) is 5.91 Å². The molecular weight excluding hydrogens is 303 g/mol. The van der Waals surface area contributed by atoms with Crippen molar-refractivity contribution >= 4 is 23.2 Å². The zero-order valence-corrected chi connectivity index (χ0v) is 13.2. The molecule has 0 atom stereocenters. The molecule has 0 aromatic heterocycles. The van der Waals surface area contributed by atoms with E-state index in [1.54, 1.807) is 6.07 Å². The quantitative estimate of drug-likeness (QED) is 0.865. The summed E-state index contributed by atoms with van der Waals surface area (Å²) in [5.41, 5.74) is 1.77. The molecule has 0 spiro atoms. The van der Waals surface area contributed by atoms with E-state index in [2.05, 4.69) is 10.6 Å². The fraction of sp³-hybridized carbons (Fsp3) is 0.235. The fourth-order valence-electron chi connectivity index (χ4n) is 1.96. The van der Waals surface area contributed by atoms with Gasteiger partial charge in [-0.25, -0.2) is 4.39 Å². The Kier molecular flexibility index (Phi) is 5.39. The maximum atomic E-state index is 13.8. The van der Waals surface area contributed by atoms with E-state index in [0.717, 1.165) is 5.56 Å². The summed E-state index contributed by atoms with van der Waals surface area (Å²) < 4.78 is 13.8. The van der Waals surface area contributed by atoms with Crippen molar-refractivity contribution in [2.24, 2.45) is 0 Å². The van der Waals surface area contributed by atoms with Gasteiger partial charge < -0.3 is 10.6 Å². The van der Waals surface area contributed by atoms with Crippen LogP contribution in [0.5, 0.6) is 0 Å². The van der Waals surface area contributed by atoms with Gasteiger partial charge in [-0.1, -0.05) is 23.7 Å². The third kappa shape index (κ3) is 4.46. The second-order valence-corrected chi connectivity index (χ2v) is 5.74. The van der Waals surface area contributed by atoms with Crippen LogP contribution in [0.1, 0.15) is 29.8 Å². The summed E-state index contributed by atoms with van der Waals surface area (Å²) in [6.07, 6.45) is 0. The molecule has 0 heterocycles. The molecule has 0 saturated heterocycles. The first-order chi connectivity index (χ1) is 10.5. The molecule has 3 nitrogen and oxygen atoms in total. The van der Waals surface area contributed by atoms with Crippen molar-refractivity contribution in [2.45, 2.75) is 26.4 Å². The van der Waals surface area contributed by atoms with Gasteiger partial charge in [0.15, 0.2) is 0 Å². The molecule has 0 radical (unpaired) electrons. The van der Waals surface area contributed by atoms with Crippen LogP contribution in [-0.4, -0.2) is 11.9 Å². The molecule has 0 saturated carbocycles. The van der Waals surface area contributed by atoms with Crippen LogP contribution >= 0.6 is 11.6 Å². The molecule has 0 unspecified atom stereocenters. The maximum Gasteiger partial charge on any atom is 0.254 e. The minimum Gasteiger partial charge on any atom is -0.381 e. The molecule has 0 bridgehead atoms. The Morgan fingerprint density at radius 1 is 1.18 bits per heavy atom. The van der Waals surface area contributed by atoms with Crippen molar-refractivity contribution < 1.29 is 9.18 Å². The average Bonchev–Trinajstić information content (AvgIpc) is 2.47. The SMILES string of the molecule is CC(C)NC(=O)c1cc(NCc2ccc(Cl)cc2)ccc1F. The van der Waals surface area contributed by atoms with Crippen molar-refractivity contribution in [3.05, 3.63) is 64.4 Å². The summed E-state index contributed by atoms with van der Waals surface area (Å²) in [5.74, 6) is -0.946. The topological polar surface area (TPSA) is 41.1 Å². The standard InChI is InChI=1S/C17H18ClFN2O/c1-11(2)21-17(22)15-9-14(7-8-16(15)19)20-10-12-3-5-13(18)6-4-12/h3-9,11,20H,10H2,1-2H3,(H,21,22). The number of amides is 1. The normalized spacial score (nSPS) is 10.6. The first kappa shape index (κ1) is 16.3. The van der Waals surface area contributed by atoms with E-state index < -0.39 is 11.7 Å². The summed E-state index contributed by atoms with van der Waals surface area (Å²) in [6.45, 7) is 4.23. The van der Waals surface area contributed by atoms with Gasteiger partial charge in [0, 0.05) is 23.3 Å². The Bertz CT molecular complexity index is 656. The Morgan fingerprint density at radius 2 is 1.86 bits per heavy atom. The highest BCUT2D eigenvalue weighted by Gasteiger charge is 2.13. The van der Waals surface area contributed by atoms with Crippen LogP contribution in [0.4, 0.5) is 10.1 Å².